The van der Waals surface area contributed by atoms with Gasteiger partial charge in [-0.15, -0.1) is 0 Å². The van der Waals surface area contributed by atoms with E-state index in [9.17, 15) is 0 Å². The maximum Gasteiger partial charge on any atom is 0.0220 e. The van der Waals surface area contributed by atoms with Crippen LogP contribution in [0.25, 0.3) is 0 Å². The minimum absolute atomic E-state index is 0.812. The Labute approximate surface area is 88.1 Å². The normalized spacial score (nSPS) is 30.9. The van der Waals surface area contributed by atoms with Crippen molar-refractivity contribution in [2.24, 2.45) is 0 Å². The predicted octanol–water partition coefficient (Wildman–Crippen LogP) is 2.00. The Morgan fingerprint density at radius 1 is 0.929 bits per heavy atom. The molecule has 0 radical (unpaired) electrons. The highest BCUT2D eigenvalue weighted by Gasteiger charge is 2.25. The molecular formula is C12H24N2. The van der Waals surface area contributed by atoms with Crippen molar-refractivity contribution in [3.8, 4) is 0 Å². The molecule has 0 spiro atoms. The third-order valence-corrected chi connectivity index (χ3v) is 4.00. The van der Waals surface area contributed by atoms with E-state index in [1.165, 1.54) is 58.0 Å². The van der Waals surface area contributed by atoms with Crippen molar-refractivity contribution >= 4 is 0 Å². The summed E-state index contributed by atoms with van der Waals surface area (Å²) in [4.78, 5) is 2.66. The van der Waals surface area contributed by atoms with Gasteiger partial charge in [-0.1, -0.05) is 19.3 Å². The van der Waals surface area contributed by atoms with E-state index in [1.54, 1.807) is 0 Å². The van der Waals surface area contributed by atoms with Crippen LogP contribution in [-0.4, -0.2) is 37.1 Å². The third kappa shape index (κ3) is 2.48. The summed E-state index contributed by atoms with van der Waals surface area (Å²) in [5.41, 5.74) is 0. The van der Waals surface area contributed by atoms with Crippen LogP contribution in [0.15, 0.2) is 0 Å². The molecule has 1 atom stereocenters. The quantitative estimate of drug-likeness (QED) is 0.727. The van der Waals surface area contributed by atoms with E-state index in [2.05, 4.69) is 17.3 Å². The lowest BCUT2D eigenvalue weighted by molar-refractivity contribution is 0.118. The molecule has 2 aliphatic rings. The zero-order valence-electron chi connectivity index (χ0n) is 9.47. The van der Waals surface area contributed by atoms with E-state index < -0.39 is 0 Å². The van der Waals surface area contributed by atoms with Crippen molar-refractivity contribution in [2.45, 2.75) is 57.0 Å². The summed E-state index contributed by atoms with van der Waals surface area (Å²) in [5.74, 6) is 0. The molecule has 82 valence electrons. The molecule has 2 nitrogen and oxygen atoms in total. The topological polar surface area (TPSA) is 15.3 Å². The number of piperidine rings is 1. The smallest absolute Gasteiger partial charge is 0.0220 e. The molecule has 0 unspecified atom stereocenters. The zero-order chi connectivity index (χ0) is 9.80. The van der Waals surface area contributed by atoms with Gasteiger partial charge in [-0.25, -0.2) is 0 Å². The van der Waals surface area contributed by atoms with E-state index >= 15 is 0 Å². The molecule has 0 bridgehead atoms. The summed E-state index contributed by atoms with van der Waals surface area (Å²) < 4.78 is 0. The molecule has 0 amide bonds. The number of nitrogens with zero attached hydrogens (tertiary/aromatic N) is 1. The Hall–Kier alpha value is -0.0800. The van der Waals surface area contributed by atoms with Crippen LogP contribution in [-0.2, 0) is 0 Å². The number of rotatable bonds is 2. The highest BCUT2D eigenvalue weighted by molar-refractivity contribution is 4.82. The van der Waals surface area contributed by atoms with E-state index in [1.807, 2.05) is 0 Å². The summed E-state index contributed by atoms with van der Waals surface area (Å²) >= 11 is 0. The minimum atomic E-state index is 0.812. The molecule has 1 saturated carbocycles. The number of likely N-dealkylation sites (N-methyl/N-ethyl adjacent to an activating group) is 1. The Bertz CT molecular complexity index is 140. The van der Waals surface area contributed by atoms with E-state index in [0.717, 1.165) is 12.1 Å². The second-order valence-corrected chi connectivity index (χ2v) is 4.96. The van der Waals surface area contributed by atoms with Gasteiger partial charge in [-0.05, 0) is 39.3 Å². The van der Waals surface area contributed by atoms with Gasteiger partial charge < -0.3 is 5.32 Å². The molecule has 2 fully saturated rings. The van der Waals surface area contributed by atoms with Gasteiger partial charge in [0.05, 0.1) is 0 Å². The summed E-state index contributed by atoms with van der Waals surface area (Å²) in [6, 6.07) is 1.69. The lowest BCUT2D eigenvalue weighted by atomic mass is 9.92. The minimum Gasteiger partial charge on any atom is -0.315 e. The van der Waals surface area contributed by atoms with Gasteiger partial charge in [0.1, 0.15) is 0 Å². The molecule has 14 heavy (non-hydrogen) atoms. The Balaban J connectivity index is 1.82. The summed E-state index contributed by atoms with van der Waals surface area (Å²) in [7, 11) is 2.34. The van der Waals surface area contributed by atoms with Gasteiger partial charge in [0.25, 0.3) is 0 Å². The first-order valence-corrected chi connectivity index (χ1v) is 6.30. The summed E-state index contributed by atoms with van der Waals surface area (Å²) in [5, 5.41) is 3.51. The van der Waals surface area contributed by atoms with Crippen LogP contribution in [0.4, 0.5) is 0 Å². The average Bonchev–Trinajstić information content (AvgIpc) is 2.30. The molecule has 2 heteroatoms. The fraction of sp³-hybridized carbons (Fsp3) is 1.00. The highest BCUT2D eigenvalue weighted by Crippen LogP contribution is 2.24. The van der Waals surface area contributed by atoms with Gasteiger partial charge in [0.15, 0.2) is 0 Å². The SMILES string of the molecule is CN(C1CCCCC1)[C@@H]1CCCNC1. The lowest BCUT2D eigenvalue weighted by Gasteiger charge is -2.39. The Kier molecular flexibility index (Phi) is 3.82. The van der Waals surface area contributed by atoms with Crippen molar-refractivity contribution in [3.05, 3.63) is 0 Å². The number of nitrogens with one attached hydrogen (secondary N) is 1. The highest BCUT2D eigenvalue weighted by atomic mass is 15.2. The zero-order valence-corrected chi connectivity index (χ0v) is 9.47. The third-order valence-electron chi connectivity index (χ3n) is 4.00. The van der Waals surface area contributed by atoms with Crippen LogP contribution in [0.3, 0.4) is 0 Å². The van der Waals surface area contributed by atoms with Crippen molar-refractivity contribution < 1.29 is 0 Å². The fourth-order valence-corrected chi connectivity index (χ4v) is 2.97. The van der Waals surface area contributed by atoms with E-state index in [4.69, 9.17) is 0 Å². The molecule has 1 saturated heterocycles. The lowest BCUT2D eigenvalue weighted by Crippen LogP contribution is -2.48. The van der Waals surface area contributed by atoms with Crippen LogP contribution in [0.2, 0.25) is 0 Å². The first-order chi connectivity index (χ1) is 6.88. The van der Waals surface area contributed by atoms with E-state index in [0.29, 0.717) is 0 Å². The molecule has 1 aliphatic heterocycles. The van der Waals surface area contributed by atoms with Crippen LogP contribution in [0, 0.1) is 0 Å². The van der Waals surface area contributed by atoms with Gasteiger partial charge in [-0.2, -0.15) is 0 Å². The van der Waals surface area contributed by atoms with Crippen LogP contribution >= 0.6 is 0 Å². The van der Waals surface area contributed by atoms with Crippen molar-refractivity contribution in [1.82, 2.24) is 10.2 Å². The molecule has 0 aromatic heterocycles. The van der Waals surface area contributed by atoms with Crippen molar-refractivity contribution in [1.29, 1.82) is 0 Å². The van der Waals surface area contributed by atoms with Crippen LogP contribution in [0.5, 0.6) is 0 Å². The molecule has 0 aromatic carbocycles. The van der Waals surface area contributed by atoms with Crippen LogP contribution in [0.1, 0.15) is 44.9 Å². The van der Waals surface area contributed by atoms with Crippen LogP contribution < -0.4 is 5.32 Å². The maximum absolute atomic E-state index is 3.51. The average molecular weight is 196 g/mol. The predicted molar refractivity (Wildman–Crippen MR) is 60.5 cm³/mol. The molecule has 0 aromatic rings. The summed E-state index contributed by atoms with van der Waals surface area (Å²) in [6.45, 7) is 2.45. The second kappa shape index (κ2) is 5.13. The summed E-state index contributed by atoms with van der Waals surface area (Å²) in [6.07, 6.45) is 10.0. The number of hydrogen-bond donors (Lipinski definition) is 1. The van der Waals surface area contributed by atoms with Gasteiger partial charge in [0, 0.05) is 18.6 Å². The molecule has 1 heterocycles. The molecular weight excluding hydrogens is 172 g/mol. The largest absolute Gasteiger partial charge is 0.315 e. The maximum atomic E-state index is 3.51. The molecule has 1 N–H and O–H groups in total. The van der Waals surface area contributed by atoms with Gasteiger partial charge >= 0.3 is 0 Å². The monoisotopic (exact) mass is 196 g/mol. The van der Waals surface area contributed by atoms with Crippen molar-refractivity contribution in [3.63, 3.8) is 0 Å². The standard InChI is InChI=1S/C12H24N2/c1-14(11-6-3-2-4-7-11)12-8-5-9-13-10-12/h11-13H,2-10H2,1H3/t12-/m1/s1. The Morgan fingerprint density at radius 3 is 2.29 bits per heavy atom. The molecule has 1 aliphatic carbocycles. The van der Waals surface area contributed by atoms with Gasteiger partial charge in [0.2, 0.25) is 0 Å². The first kappa shape index (κ1) is 10.4. The van der Waals surface area contributed by atoms with Gasteiger partial charge in [-0.3, -0.25) is 4.90 Å². The second-order valence-electron chi connectivity index (χ2n) is 4.96. The fourth-order valence-electron chi connectivity index (χ4n) is 2.97. The Morgan fingerprint density at radius 2 is 1.64 bits per heavy atom. The van der Waals surface area contributed by atoms with Crippen molar-refractivity contribution in [2.75, 3.05) is 20.1 Å². The molecule has 2 rings (SSSR count). The first-order valence-electron chi connectivity index (χ1n) is 6.30. The van der Waals surface area contributed by atoms with E-state index in [-0.39, 0.29) is 0 Å². The number of hydrogen-bond acceptors (Lipinski definition) is 2.